The Bertz CT molecular complexity index is 1130. The molecule has 3 heterocycles. The van der Waals surface area contributed by atoms with Crippen molar-refractivity contribution < 1.29 is 26.7 Å². The van der Waals surface area contributed by atoms with Crippen LogP contribution in [0.25, 0.3) is 5.70 Å². The van der Waals surface area contributed by atoms with E-state index in [1.807, 2.05) is 0 Å². The van der Waals surface area contributed by atoms with Crippen LogP contribution in [0.5, 0.6) is 0 Å². The molecular formula is C22H22F5N5O. The van der Waals surface area contributed by atoms with Crippen LogP contribution in [-0.2, 0) is 13.0 Å². The summed E-state index contributed by atoms with van der Waals surface area (Å²) in [5.41, 5.74) is -0.0370. The Balaban J connectivity index is 1.63. The predicted molar refractivity (Wildman–Crippen MR) is 111 cm³/mol. The molecule has 0 saturated carbocycles. The van der Waals surface area contributed by atoms with Crippen molar-refractivity contribution >= 4 is 17.3 Å². The molecule has 0 spiro atoms. The van der Waals surface area contributed by atoms with Crippen LogP contribution in [0.4, 0.5) is 22.0 Å². The maximum atomic E-state index is 13.7. The normalized spacial score (nSPS) is 17.9. The third-order valence-electron chi connectivity index (χ3n) is 5.97. The number of hydrogen-bond donors (Lipinski definition) is 2. The summed E-state index contributed by atoms with van der Waals surface area (Å²) in [4.78, 5) is 18.5. The van der Waals surface area contributed by atoms with Gasteiger partial charge in [0.2, 0.25) is 0 Å². The van der Waals surface area contributed by atoms with E-state index >= 15 is 0 Å². The number of alkyl halides is 2. The number of imidazole rings is 1. The molecule has 1 amide bonds. The van der Waals surface area contributed by atoms with Gasteiger partial charge in [-0.15, -0.1) is 0 Å². The largest absolute Gasteiger partial charge is 0.387 e. The van der Waals surface area contributed by atoms with Crippen molar-refractivity contribution in [1.29, 1.82) is 5.41 Å². The summed E-state index contributed by atoms with van der Waals surface area (Å²) in [6, 6.07) is 1.66. The summed E-state index contributed by atoms with van der Waals surface area (Å²) in [5, 5.41) is 11.2. The van der Waals surface area contributed by atoms with Crippen molar-refractivity contribution in [1.82, 2.24) is 19.8 Å². The Hall–Kier alpha value is -3.24. The number of nitrogens with zero attached hydrogens (tertiary/aromatic N) is 3. The standard InChI is InChI=1S/C22H22F5N5O/c1-29-18(11-8-13(23)17(25)14(24)9-11)12-5-7-31(10-15(12)28)22(33)20-19(21(26)27)30-16-4-2-3-6-32(16)20/h8-9,21,28-29H,2-7,10H2,1H3/b18-12-,28-15?. The van der Waals surface area contributed by atoms with Gasteiger partial charge in [0, 0.05) is 43.4 Å². The fourth-order valence-electron chi connectivity index (χ4n) is 4.41. The van der Waals surface area contributed by atoms with Gasteiger partial charge >= 0.3 is 0 Å². The molecule has 1 aromatic heterocycles. The van der Waals surface area contributed by atoms with Gasteiger partial charge in [-0.3, -0.25) is 4.79 Å². The monoisotopic (exact) mass is 467 g/mol. The fourth-order valence-corrected chi connectivity index (χ4v) is 4.41. The molecule has 6 nitrogen and oxygen atoms in total. The van der Waals surface area contributed by atoms with Crippen molar-refractivity contribution in [2.75, 3.05) is 20.1 Å². The van der Waals surface area contributed by atoms with Crippen LogP contribution < -0.4 is 5.32 Å². The highest BCUT2D eigenvalue weighted by Gasteiger charge is 2.34. The van der Waals surface area contributed by atoms with E-state index in [0.29, 0.717) is 24.4 Å². The number of carbonyl (C=O) groups is 1. The number of aromatic nitrogens is 2. The van der Waals surface area contributed by atoms with Gasteiger partial charge in [0.15, 0.2) is 17.5 Å². The first-order valence-corrected chi connectivity index (χ1v) is 10.5. The van der Waals surface area contributed by atoms with Crippen molar-refractivity contribution in [3.8, 4) is 0 Å². The van der Waals surface area contributed by atoms with E-state index in [2.05, 4.69) is 10.3 Å². The third-order valence-corrected chi connectivity index (χ3v) is 5.97. The number of aryl methyl sites for hydroxylation is 1. The van der Waals surface area contributed by atoms with E-state index in [-0.39, 0.29) is 42.2 Å². The minimum atomic E-state index is -2.90. The van der Waals surface area contributed by atoms with Crippen LogP contribution in [-0.4, -0.2) is 46.2 Å². The van der Waals surface area contributed by atoms with Gasteiger partial charge in [0.05, 0.1) is 12.3 Å². The number of carbonyl (C=O) groups excluding carboxylic acids is 1. The second-order valence-electron chi connectivity index (χ2n) is 7.98. The Morgan fingerprint density at radius 2 is 1.82 bits per heavy atom. The van der Waals surface area contributed by atoms with Crippen molar-refractivity contribution in [3.05, 3.63) is 57.9 Å². The molecule has 2 N–H and O–H groups in total. The lowest BCUT2D eigenvalue weighted by atomic mass is 9.95. The molecule has 0 atom stereocenters. The quantitative estimate of drug-likeness (QED) is 0.526. The lowest BCUT2D eigenvalue weighted by Crippen LogP contribution is -2.43. The highest BCUT2D eigenvalue weighted by atomic mass is 19.3. The highest BCUT2D eigenvalue weighted by molar-refractivity contribution is 6.08. The maximum Gasteiger partial charge on any atom is 0.282 e. The number of likely N-dealkylation sites (tertiary alicyclic amines) is 1. The predicted octanol–water partition coefficient (Wildman–Crippen LogP) is 4.07. The van der Waals surface area contributed by atoms with Gasteiger partial charge in [-0.25, -0.2) is 26.9 Å². The zero-order valence-corrected chi connectivity index (χ0v) is 17.8. The van der Waals surface area contributed by atoms with Gasteiger partial charge in [0.1, 0.15) is 17.2 Å². The first-order chi connectivity index (χ1) is 15.7. The summed E-state index contributed by atoms with van der Waals surface area (Å²) in [7, 11) is 1.50. The van der Waals surface area contributed by atoms with Crippen LogP contribution in [0.15, 0.2) is 17.7 Å². The molecule has 0 bridgehead atoms. The molecule has 33 heavy (non-hydrogen) atoms. The van der Waals surface area contributed by atoms with E-state index < -0.39 is 35.5 Å². The average molecular weight is 467 g/mol. The molecule has 4 rings (SSSR count). The second kappa shape index (κ2) is 8.95. The minimum absolute atomic E-state index is 0.0129. The molecule has 0 aliphatic carbocycles. The second-order valence-corrected chi connectivity index (χ2v) is 7.98. The number of amides is 1. The number of halogens is 5. The zero-order chi connectivity index (χ0) is 23.9. The molecule has 11 heteroatoms. The lowest BCUT2D eigenvalue weighted by Gasteiger charge is -2.31. The first kappa shape index (κ1) is 22.9. The lowest BCUT2D eigenvalue weighted by molar-refractivity contribution is 0.0749. The molecule has 2 aliphatic heterocycles. The van der Waals surface area contributed by atoms with E-state index in [1.165, 1.54) is 11.9 Å². The summed E-state index contributed by atoms with van der Waals surface area (Å²) < 4.78 is 69.6. The number of piperidine rings is 1. The highest BCUT2D eigenvalue weighted by Crippen LogP contribution is 2.30. The first-order valence-electron chi connectivity index (χ1n) is 10.5. The van der Waals surface area contributed by atoms with Gasteiger partial charge in [-0.1, -0.05) is 0 Å². The molecular weight excluding hydrogens is 445 g/mol. The molecule has 2 aromatic rings. The van der Waals surface area contributed by atoms with Crippen LogP contribution >= 0.6 is 0 Å². The summed E-state index contributed by atoms with van der Waals surface area (Å²) in [5.74, 6) is -4.47. The van der Waals surface area contributed by atoms with Crippen LogP contribution in [0.3, 0.4) is 0 Å². The summed E-state index contributed by atoms with van der Waals surface area (Å²) >= 11 is 0. The number of benzene rings is 1. The number of hydrogen-bond acceptors (Lipinski definition) is 4. The Labute approximate surface area is 186 Å². The minimum Gasteiger partial charge on any atom is -0.387 e. The Morgan fingerprint density at radius 3 is 2.42 bits per heavy atom. The van der Waals surface area contributed by atoms with E-state index in [4.69, 9.17) is 5.41 Å². The van der Waals surface area contributed by atoms with Crippen LogP contribution in [0.1, 0.15) is 53.3 Å². The molecule has 1 aromatic carbocycles. The van der Waals surface area contributed by atoms with Crippen molar-refractivity contribution in [2.24, 2.45) is 0 Å². The third kappa shape index (κ3) is 4.11. The Kier molecular flexibility index (Phi) is 6.22. The molecule has 176 valence electrons. The number of fused-ring (bicyclic) bond motifs is 1. The van der Waals surface area contributed by atoms with Gasteiger partial charge < -0.3 is 20.2 Å². The Morgan fingerprint density at radius 1 is 1.12 bits per heavy atom. The SMILES string of the molecule is CN/C(=C1/CCN(C(=O)c2c(C(F)F)nc3n2CCCC3)CC1=N)c1cc(F)c(F)c(F)c1. The molecule has 0 radical (unpaired) electrons. The topological polar surface area (TPSA) is 74.0 Å². The molecule has 0 unspecified atom stereocenters. The maximum absolute atomic E-state index is 13.7. The molecule has 2 aliphatic rings. The van der Waals surface area contributed by atoms with E-state index in [0.717, 1.165) is 25.0 Å². The zero-order valence-electron chi connectivity index (χ0n) is 17.8. The van der Waals surface area contributed by atoms with E-state index in [9.17, 15) is 26.7 Å². The van der Waals surface area contributed by atoms with Crippen LogP contribution in [0.2, 0.25) is 0 Å². The van der Waals surface area contributed by atoms with Crippen molar-refractivity contribution in [2.45, 2.75) is 38.7 Å². The average Bonchev–Trinajstić information content (AvgIpc) is 3.18. The summed E-state index contributed by atoms with van der Waals surface area (Å²) in [6.45, 7) is 0.365. The number of rotatable bonds is 4. The molecule has 1 saturated heterocycles. The van der Waals surface area contributed by atoms with Gasteiger partial charge in [0.25, 0.3) is 12.3 Å². The summed E-state index contributed by atoms with van der Waals surface area (Å²) in [6.07, 6.45) is -0.669. The van der Waals surface area contributed by atoms with E-state index in [1.54, 1.807) is 4.57 Å². The van der Waals surface area contributed by atoms with Gasteiger partial charge in [-0.05, 0) is 31.4 Å². The molecule has 1 fully saturated rings. The number of nitrogens with one attached hydrogen (secondary N) is 2. The van der Waals surface area contributed by atoms with Crippen LogP contribution in [0, 0.1) is 22.9 Å². The fraction of sp³-hybridized carbons (Fsp3) is 0.409. The smallest absolute Gasteiger partial charge is 0.282 e. The van der Waals surface area contributed by atoms with Crippen molar-refractivity contribution in [3.63, 3.8) is 0 Å². The van der Waals surface area contributed by atoms with Gasteiger partial charge in [-0.2, -0.15) is 0 Å².